The van der Waals surface area contributed by atoms with Gasteiger partial charge in [0.25, 0.3) is 0 Å². The summed E-state index contributed by atoms with van der Waals surface area (Å²) < 4.78 is 4.74. The Hall–Kier alpha value is -1.76. The lowest BCUT2D eigenvalue weighted by Crippen LogP contribution is -2.31. The van der Waals surface area contributed by atoms with Crippen molar-refractivity contribution in [3.05, 3.63) is 40.9 Å². The maximum Gasteiger partial charge on any atom is 0.337 e. The van der Waals surface area contributed by atoms with Gasteiger partial charge in [0.15, 0.2) is 0 Å². The quantitative estimate of drug-likeness (QED) is 0.828. The van der Waals surface area contributed by atoms with Crippen molar-refractivity contribution in [1.29, 1.82) is 0 Å². The highest BCUT2D eigenvalue weighted by Crippen LogP contribution is 2.25. The number of aromatic nitrogens is 1. The number of aliphatic hydroxyl groups excluding tert-OH is 1. The van der Waals surface area contributed by atoms with E-state index >= 15 is 0 Å². The average molecular weight is 320 g/mol. The predicted octanol–water partition coefficient (Wildman–Crippen LogP) is 2.41. The van der Waals surface area contributed by atoms with Crippen molar-refractivity contribution in [2.75, 3.05) is 20.8 Å². The van der Waals surface area contributed by atoms with Crippen LogP contribution in [0.25, 0.3) is 10.6 Å². The SMILES string of the molecule is COC(=O)c1cccc(-c2nc(CN(C)C(C)CO)cs2)c1. The first-order valence-corrected chi connectivity index (χ1v) is 7.87. The van der Waals surface area contributed by atoms with Crippen LogP contribution < -0.4 is 0 Å². The van der Waals surface area contributed by atoms with Gasteiger partial charge in [-0.15, -0.1) is 11.3 Å². The predicted molar refractivity (Wildman–Crippen MR) is 86.9 cm³/mol. The zero-order valence-corrected chi connectivity index (χ0v) is 13.8. The third-order valence-electron chi connectivity index (χ3n) is 3.51. The second-order valence-corrected chi connectivity index (χ2v) is 6.02. The fraction of sp³-hybridized carbons (Fsp3) is 0.375. The van der Waals surface area contributed by atoms with Crippen molar-refractivity contribution in [3.63, 3.8) is 0 Å². The first-order chi connectivity index (χ1) is 10.5. The van der Waals surface area contributed by atoms with E-state index in [0.29, 0.717) is 12.1 Å². The van der Waals surface area contributed by atoms with Gasteiger partial charge in [0, 0.05) is 23.5 Å². The normalized spacial score (nSPS) is 12.4. The second-order valence-electron chi connectivity index (χ2n) is 5.16. The number of hydrogen-bond acceptors (Lipinski definition) is 6. The van der Waals surface area contributed by atoms with Crippen molar-refractivity contribution < 1.29 is 14.6 Å². The molecule has 1 aromatic heterocycles. The number of likely N-dealkylation sites (N-methyl/N-ethyl adjacent to an activating group) is 1. The van der Waals surface area contributed by atoms with Gasteiger partial charge in [0.1, 0.15) is 5.01 Å². The van der Waals surface area contributed by atoms with E-state index in [-0.39, 0.29) is 18.6 Å². The summed E-state index contributed by atoms with van der Waals surface area (Å²) in [6.45, 7) is 2.76. The minimum atomic E-state index is -0.352. The maximum absolute atomic E-state index is 11.6. The largest absolute Gasteiger partial charge is 0.465 e. The van der Waals surface area contributed by atoms with Crippen molar-refractivity contribution in [3.8, 4) is 10.6 Å². The highest BCUT2D eigenvalue weighted by Gasteiger charge is 2.12. The van der Waals surface area contributed by atoms with Gasteiger partial charge in [0.2, 0.25) is 0 Å². The van der Waals surface area contributed by atoms with Crippen LogP contribution in [0.15, 0.2) is 29.6 Å². The molecule has 118 valence electrons. The smallest absolute Gasteiger partial charge is 0.337 e. The van der Waals surface area contributed by atoms with Crippen LogP contribution in [0.1, 0.15) is 23.0 Å². The molecule has 0 radical (unpaired) electrons. The molecule has 2 rings (SSSR count). The molecule has 0 saturated heterocycles. The molecule has 1 aromatic carbocycles. The molecule has 0 amide bonds. The van der Waals surface area contributed by atoms with Crippen LogP contribution >= 0.6 is 11.3 Å². The first-order valence-electron chi connectivity index (χ1n) is 6.99. The topological polar surface area (TPSA) is 62.7 Å². The van der Waals surface area contributed by atoms with Crippen LogP contribution in [0.3, 0.4) is 0 Å². The van der Waals surface area contributed by atoms with Crippen molar-refractivity contribution >= 4 is 17.3 Å². The van der Waals surface area contributed by atoms with Gasteiger partial charge in [-0.25, -0.2) is 9.78 Å². The molecule has 6 heteroatoms. The molecule has 2 aromatic rings. The van der Waals surface area contributed by atoms with Gasteiger partial charge in [-0.2, -0.15) is 0 Å². The fourth-order valence-corrected chi connectivity index (χ4v) is 2.77. The zero-order valence-electron chi connectivity index (χ0n) is 12.9. The molecule has 5 nitrogen and oxygen atoms in total. The number of methoxy groups -OCH3 is 1. The molecule has 1 unspecified atom stereocenters. The van der Waals surface area contributed by atoms with Crippen LogP contribution in [0.4, 0.5) is 0 Å². The Morgan fingerprint density at radius 2 is 2.27 bits per heavy atom. The molecular formula is C16H20N2O3S. The molecule has 0 aliphatic carbocycles. The highest BCUT2D eigenvalue weighted by atomic mass is 32.1. The van der Waals surface area contributed by atoms with Gasteiger partial charge >= 0.3 is 5.97 Å². The number of ether oxygens (including phenoxy) is 1. The van der Waals surface area contributed by atoms with Gasteiger partial charge < -0.3 is 9.84 Å². The third-order valence-corrected chi connectivity index (χ3v) is 4.45. The molecule has 22 heavy (non-hydrogen) atoms. The van der Waals surface area contributed by atoms with Crippen molar-refractivity contribution in [2.45, 2.75) is 19.5 Å². The maximum atomic E-state index is 11.6. The van der Waals surface area contributed by atoms with Crippen LogP contribution in [-0.4, -0.2) is 47.8 Å². The lowest BCUT2D eigenvalue weighted by atomic mass is 10.1. The van der Waals surface area contributed by atoms with Gasteiger partial charge in [0.05, 0.1) is 25.0 Å². The molecule has 0 bridgehead atoms. The first kappa shape index (κ1) is 16.6. The number of carbonyl (C=O) groups is 1. The molecule has 0 fully saturated rings. The minimum Gasteiger partial charge on any atom is -0.465 e. The number of hydrogen-bond donors (Lipinski definition) is 1. The van der Waals surface area contributed by atoms with Crippen LogP contribution in [0.5, 0.6) is 0 Å². The summed E-state index contributed by atoms with van der Waals surface area (Å²) >= 11 is 1.54. The lowest BCUT2D eigenvalue weighted by Gasteiger charge is -2.21. The van der Waals surface area contributed by atoms with Crippen molar-refractivity contribution in [1.82, 2.24) is 9.88 Å². The number of rotatable bonds is 6. The monoisotopic (exact) mass is 320 g/mol. The molecule has 0 spiro atoms. The molecule has 0 aliphatic rings. The zero-order chi connectivity index (χ0) is 16.1. The van der Waals surface area contributed by atoms with E-state index in [2.05, 4.69) is 4.98 Å². The Morgan fingerprint density at radius 1 is 1.50 bits per heavy atom. The van der Waals surface area contributed by atoms with E-state index in [9.17, 15) is 4.79 Å². The Balaban J connectivity index is 2.16. The fourth-order valence-electron chi connectivity index (χ4n) is 1.96. The second kappa shape index (κ2) is 7.49. The Labute approximate surface area is 134 Å². The number of aliphatic hydroxyl groups is 1. The number of esters is 1. The summed E-state index contributed by atoms with van der Waals surface area (Å²) in [7, 11) is 3.33. The standard InChI is InChI=1S/C16H20N2O3S/c1-11(9-19)18(2)8-14-10-22-15(17-14)12-5-4-6-13(7-12)16(20)21-3/h4-7,10-11,19H,8-9H2,1-3H3. The molecule has 1 heterocycles. The van der Waals surface area contributed by atoms with E-state index in [1.54, 1.807) is 12.1 Å². The summed E-state index contributed by atoms with van der Waals surface area (Å²) in [6.07, 6.45) is 0. The van der Waals surface area contributed by atoms with E-state index in [0.717, 1.165) is 16.3 Å². The number of benzene rings is 1. The van der Waals surface area contributed by atoms with Gasteiger partial charge in [-0.1, -0.05) is 12.1 Å². The molecular weight excluding hydrogens is 300 g/mol. The van der Waals surface area contributed by atoms with Crippen LogP contribution in [0.2, 0.25) is 0 Å². The van der Waals surface area contributed by atoms with E-state index in [1.165, 1.54) is 18.4 Å². The Kier molecular flexibility index (Phi) is 5.65. The van der Waals surface area contributed by atoms with Gasteiger partial charge in [-0.05, 0) is 26.1 Å². The molecule has 1 N–H and O–H groups in total. The number of carbonyl (C=O) groups excluding carboxylic acids is 1. The van der Waals surface area contributed by atoms with E-state index < -0.39 is 0 Å². The summed E-state index contributed by atoms with van der Waals surface area (Å²) in [6, 6.07) is 7.35. The molecule has 0 saturated carbocycles. The summed E-state index contributed by atoms with van der Waals surface area (Å²) in [5.41, 5.74) is 2.37. The highest BCUT2D eigenvalue weighted by molar-refractivity contribution is 7.13. The van der Waals surface area contributed by atoms with E-state index in [1.807, 2.05) is 36.4 Å². The Morgan fingerprint density at radius 3 is 2.95 bits per heavy atom. The third kappa shape index (κ3) is 3.91. The van der Waals surface area contributed by atoms with Crippen LogP contribution in [-0.2, 0) is 11.3 Å². The summed E-state index contributed by atoms with van der Waals surface area (Å²) in [5, 5.41) is 12.0. The van der Waals surface area contributed by atoms with E-state index in [4.69, 9.17) is 9.84 Å². The summed E-state index contributed by atoms with van der Waals surface area (Å²) in [4.78, 5) is 18.2. The van der Waals surface area contributed by atoms with Gasteiger partial charge in [-0.3, -0.25) is 4.90 Å². The Bertz CT molecular complexity index is 642. The molecule has 0 aliphatic heterocycles. The number of nitrogens with zero attached hydrogens (tertiary/aromatic N) is 2. The average Bonchev–Trinajstić information content (AvgIpc) is 3.01. The summed E-state index contributed by atoms with van der Waals surface area (Å²) in [5.74, 6) is -0.352. The minimum absolute atomic E-state index is 0.0906. The van der Waals surface area contributed by atoms with Crippen molar-refractivity contribution in [2.24, 2.45) is 0 Å². The number of thiazole rings is 1. The molecule has 1 atom stereocenters. The van der Waals surface area contributed by atoms with Crippen LogP contribution in [0, 0.1) is 0 Å². The lowest BCUT2D eigenvalue weighted by molar-refractivity contribution is 0.0601.